The SMILES string of the molecule is COc1ccc(-c2nc(SCC(=O)c3c[nH]c4ccccc34)n[nH]2)cc1. The Kier molecular flexibility index (Phi) is 4.45. The van der Waals surface area contributed by atoms with Crippen LogP contribution in [0.3, 0.4) is 0 Å². The number of nitrogens with one attached hydrogen (secondary N) is 2. The highest BCUT2D eigenvalue weighted by molar-refractivity contribution is 7.99. The summed E-state index contributed by atoms with van der Waals surface area (Å²) in [6.45, 7) is 0. The Morgan fingerprint density at radius 2 is 1.96 bits per heavy atom. The van der Waals surface area contributed by atoms with Gasteiger partial charge in [0.25, 0.3) is 0 Å². The molecule has 2 N–H and O–H groups in total. The molecule has 0 radical (unpaired) electrons. The largest absolute Gasteiger partial charge is 0.497 e. The number of carbonyl (C=O) groups is 1. The number of nitrogens with zero attached hydrogens (tertiary/aromatic N) is 2. The molecule has 0 spiro atoms. The van der Waals surface area contributed by atoms with Crippen LogP contribution in [0, 0.1) is 0 Å². The number of ketones is 1. The number of aromatic nitrogens is 4. The second-order valence-electron chi connectivity index (χ2n) is 5.65. The highest BCUT2D eigenvalue weighted by Gasteiger charge is 2.14. The lowest BCUT2D eigenvalue weighted by molar-refractivity contribution is 0.102. The minimum absolute atomic E-state index is 0.0447. The van der Waals surface area contributed by atoms with Crippen molar-refractivity contribution in [1.82, 2.24) is 20.2 Å². The van der Waals surface area contributed by atoms with Crippen molar-refractivity contribution >= 4 is 28.4 Å². The van der Waals surface area contributed by atoms with Gasteiger partial charge in [-0.3, -0.25) is 9.89 Å². The van der Waals surface area contributed by atoms with Crippen LogP contribution in [0.15, 0.2) is 59.9 Å². The summed E-state index contributed by atoms with van der Waals surface area (Å²) in [6, 6.07) is 15.3. The molecule has 0 saturated heterocycles. The van der Waals surface area contributed by atoms with Crippen molar-refractivity contribution in [3.8, 4) is 17.1 Å². The third kappa shape index (κ3) is 3.21. The molecule has 26 heavy (non-hydrogen) atoms. The number of ether oxygens (including phenoxy) is 1. The molecule has 2 heterocycles. The zero-order chi connectivity index (χ0) is 17.9. The van der Waals surface area contributed by atoms with Gasteiger partial charge in [-0.2, -0.15) is 0 Å². The molecule has 4 aromatic rings. The lowest BCUT2D eigenvalue weighted by atomic mass is 10.1. The van der Waals surface area contributed by atoms with Gasteiger partial charge < -0.3 is 9.72 Å². The number of para-hydroxylation sites is 1. The standard InChI is InChI=1S/C19H16N4O2S/c1-25-13-8-6-12(7-9-13)18-21-19(23-22-18)26-11-17(24)15-10-20-16-5-3-2-4-14(15)16/h2-10,20H,11H2,1H3,(H,21,22,23). The van der Waals surface area contributed by atoms with Gasteiger partial charge in [-0.1, -0.05) is 30.0 Å². The topological polar surface area (TPSA) is 83.7 Å². The Balaban J connectivity index is 1.45. The van der Waals surface area contributed by atoms with Crippen LogP contribution in [0.25, 0.3) is 22.3 Å². The van der Waals surface area contributed by atoms with E-state index in [1.807, 2.05) is 48.5 Å². The highest BCUT2D eigenvalue weighted by atomic mass is 32.2. The van der Waals surface area contributed by atoms with Crippen molar-refractivity contribution < 1.29 is 9.53 Å². The van der Waals surface area contributed by atoms with Crippen molar-refractivity contribution in [2.24, 2.45) is 0 Å². The summed E-state index contributed by atoms with van der Waals surface area (Å²) in [5, 5.41) is 8.58. The van der Waals surface area contributed by atoms with Gasteiger partial charge in [0, 0.05) is 28.2 Å². The first-order valence-corrected chi connectivity index (χ1v) is 9.02. The van der Waals surface area contributed by atoms with Crippen molar-refractivity contribution in [2.45, 2.75) is 5.16 Å². The average Bonchev–Trinajstić information content (AvgIpc) is 3.33. The van der Waals surface area contributed by atoms with Crippen molar-refractivity contribution in [1.29, 1.82) is 0 Å². The number of hydrogen-bond donors (Lipinski definition) is 2. The summed E-state index contributed by atoms with van der Waals surface area (Å²) in [7, 11) is 1.63. The number of carbonyl (C=O) groups excluding carboxylic acids is 1. The molecule has 130 valence electrons. The zero-order valence-electron chi connectivity index (χ0n) is 14.0. The quantitative estimate of drug-likeness (QED) is 0.400. The molecule has 0 aliphatic rings. The van der Waals surface area contributed by atoms with Crippen molar-refractivity contribution in [3.05, 3.63) is 60.3 Å². The van der Waals surface area contributed by atoms with E-state index >= 15 is 0 Å². The number of thioether (sulfide) groups is 1. The summed E-state index contributed by atoms with van der Waals surface area (Å²) in [5.41, 5.74) is 2.56. The van der Waals surface area contributed by atoms with Crippen LogP contribution in [0.5, 0.6) is 5.75 Å². The minimum Gasteiger partial charge on any atom is -0.497 e. The smallest absolute Gasteiger partial charge is 0.209 e. The molecule has 0 unspecified atom stereocenters. The van der Waals surface area contributed by atoms with Crippen LogP contribution in [-0.4, -0.2) is 38.8 Å². The molecule has 0 bridgehead atoms. The molecular formula is C19H16N4O2S. The second-order valence-corrected chi connectivity index (χ2v) is 6.60. The summed E-state index contributed by atoms with van der Waals surface area (Å²) in [6.07, 6.45) is 1.76. The number of benzene rings is 2. The van der Waals surface area contributed by atoms with E-state index < -0.39 is 0 Å². The molecule has 0 saturated carbocycles. The van der Waals surface area contributed by atoms with E-state index in [2.05, 4.69) is 20.2 Å². The van der Waals surface area contributed by atoms with Gasteiger partial charge in [-0.15, -0.1) is 5.10 Å². The predicted molar refractivity (Wildman–Crippen MR) is 102 cm³/mol. The van der Waals surface area contributed by atoms with E-state index in [0.717, 1.165) is 22.2 Å². The van der Waals surface area contributed by atoms with Crippen LogP contribution in [0.4, 0.5) is 0 Å². The normalized spacial score (nSPS) is 11.0. The van der Waals surface area contributed by atoms with Crippen molar-refractivity contribution in [2.75, 3.05) is 12.9 Å². The summed E-state index contributed by atoms with van der Waals surface area (Å²) >= 11 is 1.32. The van der Waals surface area contributed by atoms with E-state index in [1.54, 1.807) is 13.3 Å². The lowest BCUT2D eigenvalue weighted by Gasteiger charge is -2.00. The lowest BCUT2D eigenvalue weighted by Crippen LogP contribution is -2.01. The molecule has 6 nitrogen and oxygen atoms in total. The van der Waals surface area contributed by atoms with Gasteiger partial charge in [-0.05, 0) is 30.3 Å². The van der Waals surface area contributed by atoms with Gasteiger partial charge in [0.15, 0.2) is 11.6 Å². The molecule has 0 atom stereocenters. The molecule has 0 aliphatic carbocycles. The van der Waals surface area contributed by atoms with Crippen LogP contribution >= 0.6 is 11.8 Å². The Morgan fingerprint density at radius 1 is 1.15 bits per heavy atom. The maximum absolute atomic E-state index is 12.5. The highest BCUT2D eigenvalue weighted by Crippen LogP contribution is 2.24. The van der Waals surface area contributed by atoms with Crippen molar-refractivity contribution in [3.63, 3.8) is 0 Å². The first kappa shape index (κ1) is 16.4. The number of rotatable bonds is 6. The average molecular weight is 364 g/mol. The monoisotopic (exact) mass is 364 g/mol. The summed E-state index contributed by atoms with van der Waals surface area (Å²) in [5.74, 6) is 1.77. The van der Waals surface area contributed by atoms with E-state index in [0.29, 0.717) is 16.5 Å². The fourth-order valence-corrected chi connectivity index (χ4v) is 3.38. The van der Waals surface area contributed by atoms with E-state index in [1.165, 1.54) is 11.8 Å². The number of Topliss-reactive ketones (excluding diaryl/α,β-unsaturated/α-hetero) is 1. The molecule has 2 aromatic heterocycles. The van der Waals surface area contributed by atoms with E-state index in [-0.39, 0.29) is 11.5 Å². The summed E-state index contributed by atoms with van der Waals surface area (Å²) < 4.78 is 5.15. The van der Waals surface area contributed by atoms with Gasteiger partial charge >= 0.3 is 0 Å². The van der Waals surface area contributed by atoms with Crippen LogP contribution < -0.4 is 4.74 Å². The third-order valence-corrected chi connectivity index (χ3v) is 4.90. The van der Waals surface area contributed by atoms with Gasteiger partial charge in [-0.25, -0.2) is 4.98 Å². The van der Waals surface area contributed by atoms with E-state index in [9.17, 15) is 4.79 Å². The van der Waals surface area contributed by atoms with Gasteiger partial charge in [0.2, 0.25) is 5.16 Å². The Labute approximate surface area is 154 Å². The molecular weight excluding hydrogens is 348 g/mol. The molecule has 0 amide bonds. The predicted octanol–water partition coefficient (Wildman–Crippen LogP) is 3.94. The Hall–Kier alpha value is -3.06. The number of H-pyrrole nitrogens is 2. The molecule has 4 rings (SSSR count). The first-order valence-electron chi connectivity index (χ1n) is 8.03. The second kappa shape index (κ2) is 7.05. The third-order valence-electron chi connectivity index (χ3n) is 4.05. The van der Waals surface area contributed by atoms with Crippen LogP contribution in [0.1, 0.15) is 10.4 Å². The molecule has 2 aromatic carbocycles. The zero-order valence-corrected chi connectivity index (χ0v) is 14.8. The molecule has 7 heteroatoms. The Bertz CT molecular complexity index is 1050. The number of methoxy groups -OCH3 is 1. The first-order chi connectivity index (χ1) is 12.7. The Morgan fingerprint density at radius 3 is 2.77 bits per heavy atom. The maximum atomic E-state index is 12.5. The number of hydrogen-bond acceptors (Lipinski definition) is 5. The fourth-order valence-electron chi connectivity index (χ4n) is 2.70. The van der Waals surface area contributed by atoms with Gasteiger partial charge in [0.1, 0.15) is 5.75 Å². The summed E-state index contributed by atoms with van der Waals surface area (Å²) in [4.78, 5) is 20.1. The van der Waals surface area contributed by atoms with Crippen LogP contribution in [-0.2, 0) is 0 Å². The van der Waals surface area contributed by atoms with Crippen LogP contribution in [0.2, 0.25) is 0 Å². The van der Waals surface area contributed by atoms with Gasteiger partial charge in [0.05, 0.1) is 12.9 Å². The molecule has 0 fully saturated rings. The fraction of sp³-hybridized carbons (Fsp3) is 0.105. The number of aromatic amines is 2. The minimum atomic E-state index is 0.0447. The molecule has 0 aliphatic heterocycles. The maximum Gasteiger partial charge on any atom is 0.209 e. The van der Waals surface area contributed by atoms with E-state index in [4.69, 9.17) is 4.74 Å². The number of fused-ring (bicyclic) bond motifs is 1.